The lowest BCUT2D eigenvalue weighted by Crippen LogP contribution is -1.94. The Morgan fingerprint density at radius 3 is 2.71 bits per heavy atom. The van der Waals surface area contributed by atoms with Gasteiger partial charge in [0, 0.05) is 22.5 Å². The molecule has 2 aromatic heterocycles. The lowest BCUT2D eigenvalue weighted by Gasteiger charge is -1.99. The summed E-state index contributed by atoms with van der Waals surface area (Å²) >= 11 is 1.72. The van der Waals surface area contributed by atoms with E-state index in [9.17, 15) is 0 Å². The third-order valence-electron chi connectivity index (χ3n) is 2.51. The number of hydrogen-bond donors (Lipinski definition) is 1. The minimum Gasteiger partial charge on any atom is -0.326 e. The van der Waals surface area contributed by atoms with Gasteiger partial charge in [-0.3, -0.25) is 0 Å². The van der Waals surface area contributed by atoms with Crippen molar-refractivity contribution in [3.05, 3.63) is 27.8 Å². The zero-order valence-electron chi connectivity index (χ0n) is 8.72. The fourth-order valence-electron chi connectivity index (χ4n) is 1.86. The molecule has 0 saturated heterocycles. The first-order valence-corrected chi connectivity index (χ1v) is 5.51. The predicted molar refractivity (Wildman–Crippen MR) is 61.7 cm³/mol. The molecule has 0 fully saturated rings. The second-order valence-electron chi connectivity index (χ2n) is 3.62. The van der Waals surface area contributed by atoms with Crippen LogP contribution < -0.4 is 5.73 Å². The van der Waals surface area contributed by atoms with Crippen LogP contribution in [0.5, 0.6) is 0 Å². The molecule has 0 aliphatic rings. The summed E-state index contributed by atoms with van der Waals surface area (Å²) in [5.41, 5.74) is 9.38. The average Bonchev–Trinajstić information content (AvgIpc) is 2.42. The SMILES string of the molecule is Cc1cc(C)c2c(C)c(CN)sc2n1. The molecule has 0 radical (unpaired) electrons. The van der Waals surface area contributed by atoms with E-state index in [0.717, 1.165) is 10.5 Å². The number of fused-ring (bicyclic) bond motifs is 1. The summed E-state index contributed by atoms with van der Waals surface area (Å²) in [4.78, 5) is 6.91. The molecule has 0 aliphatic heterocycles. The molecule has 0 aliphatic carbocycles. The molecule has 74 valence electrons. The van der Waals surface area contributed by atoms with Crippen LogP contribution in [0.4, 0.5) is 0 Å². The summed E-state index contributed by atoms with van der Waals surface area (Å²) < 4.78 is 0. The molecule has 0 unspecified atom stereocenters. The Morgan fingerprint density at radius 2 is 2.07 bits per heavy atom. The van der Waals surface area contributed by atoms with Gasteiger partial charge in [0.15, 0.2) is 0 Å². The van der Waals surface area contributed by atoms with Crippen LogP contribution in [0.2, 0.25) is 0 Å². The number of pyridine rings is 1. The summed E-state index contributed by atoms with van der Waals surface area (Å²) in [6, 6.07) is 2.13. The van der Waals surface area contributed by atoms with Crippen molar-refractivity contribution in [2.24, 2.45) is 5.73 Å². The van der Waals surface area contributed by atoms with Crippen molar-refractivity contribution in [2.75, 3.05) is 0 Å². The quantitative estimate of drug-likeness (QED) is 0.779. The lowest BCUT2D eigenvalue weighted by atomic mass is 10.1. The first kappa shape index (κ1) is 9.62. The molecule has 0 atom stereocenters. The maximum atomic E-state index is 5.69. The summed E-state index contributed by atoms with van der Waals surface area (Å²) in [5, 5.41) is 1.29. The van der Waals surface area contributed by atoms with E-state index in [0.29, 0.717) is 6.54 Å². The smallest absolute Gasteiger partial charge is 0.124 e. The molecule has 0 saturated carbocycles. The van der Waals surface area contributed by atoms with Gasteiger partial charge in [-0.2, -0.15) is 0 Å². The molecular weight excluding hydrogens is 192 g/mol. The molecular formula is C11H14N2S. The Morgan fingerprint density at radius 1 is 1.36 bits per heavy atom. The lowest BCUT2D eigenvalue weighted by molar-refractivity contribution is 1.09. The summed E-state index contributed by atoms with van der Waals surface area (Å²) in [6.07, 6.45) is 0. The van der Waals surface area contributed by atoms with Gasteiger partial charge in [-0.25, -0.2) is 4.98 Å². The number of nitrogens with zero attached hydrogens (tertiary/aromatic N) is 1. The molecule has 0 spiro atoms. The van der Waals surface area contributed by atoms with Crippen LogP contribution in [0.25, 0.3) is 10.2 Å². The number of thiophene rings is 1. The van der Waals surface area contributed by atoms with Crippen LogP contribution in [0, 0.1) is 20.8 Å². The Labute approximate surface area is 87.8 Å². The predicted octanol–water partition coefficient (Wildman–Crippen LogP) is 2.68. The fourth-order valence-corrected chi connectivity index (χ4v) is 3.04. The summed E-state index contributed by atoms with van der Waals surface area (Å²) in [6.45, 7) is 6.91. The van der Waals surface area contributed by atoms with Gasteiger partial charge < -0.3 is 5.73 Å². The largest absolute Gasteiger partial charge is 0.326 e. The Bertz CT molecular complexity index is 485. The van der Waals surface area contributed by atoms with Crippen LogP contribution in [-0.2, 0) is 6.54 Å². The third kappa shape index (κ3) is 1.33. The normalized spacial score (nSPS) is 11.1. The maximum absolute atomic E-state index is 5.69. The van der Waals surface area contributed by atoms with Gasteiger partial charge in [-0.1, -0.05) is 0 Å². The van der Waals surface area contributed by atoms with Crippen molar-refractivity contribution < 1.29 is 0 Å². The summed E-state index contributed by atoms with van der Waals surface area (Å²) in [5.74, 6) is 0. The van der Waals surface area contributed by atoms with E-state index in [2.05, 4.69) is 24.9 Å². The molecule has 2 nitrogen and oxygen atoms in total. The number of hydrogen-bond acceptors (Lipinski definition) is 3. The van der Waals surface area contributed by atoms with Crippen molar-refractivity contribution in [3.63, 3.8) is 0 Å². The molecule has 2 heterocycles. The number of aromatic nitrogens is 1. The molecule has 2 rings (SSSR count). The Kier molecular flexibility index (Phi) is 2.29. The van der Waals surface area contributed by atoms with E-state index < -0.39 is 0 Å². The highest BCUT2D eigenvalue weighted by molar-refractivity contribution is 7.18. The highest BCUT2D eigenvalue weighted by atomic mass is 32.1. The van der Waals surface area contributed by atoms with Gasteiger partial charge in [0.2, 0.25) is 0 Å². The first-order chi connectivity index (χ1) is 6.63. The molecule has 0 amide bonds. The molecule has 2 aromatic rings. The number of rotatable bonds is 1. The van der Waals surface area contributed by atoms with Crippen LogP contribution in [0.3, 0.4) is 0 Å². The minimum atomic E-state index is 0.616. The van der Waals surface area contributed by atoms with Gasteiger partial charge in [0.1, 0.15) is 4.83 Å². The minimum absolute atomic E-state index is 0.616. The van der Waals surface area contributed by atoms with Gasteiger partial charge in [0.25, 0.3) is 0 Å². The Balaban J connectivity index is 2.85. The van der Waals surface area contributed by atoms with Crippen molar-refractivity contribution in [2.45, 2.75) is 27.3 Å². The number of nitrogens with two attached hydrogens (primary N) is 1. The van der Waals surface area contributed by atoms with Crippen molar-refractivity contribution in [1.29, 1.82) is 0 Å². The van der Waals surface area contributed by atoms with Crippen molar-refractivity contribution >= 4 is 21.6 Å². The van der Waals surface area contributed by atoms with Gasteiger partial charge >= 0.3 is 0 Å². The van der Waals surface area contributed by atoms with Crippen LogP contribution in [0.1, 0.15) is 21.7 Å². The second-order valence-corrected chi connectivity index (χ2v) is 4.70. The van der Waals surface area contributed by atoms with Crippen LogP contribution in [0.15, 0.2) is 6.07 Å². The standard InChI is InChI=1S/C11H14N2S/c1-6-4-7(2)13-11-10(6)8(3)9(5-12)14-11/h4H,5,12H2,1-3H3. The molecule has 0 bridgehead atoms. The van der Waals surface area contributed by atoms with E-state index >= 15 is 0 Å². The van der Waals surface area contributed by atoms with Gasteiger partial charge in [-0.05, 0) is 38.0 Å². The van der Waals surface area contributed by atoms with E-state index in [4.69, 9.17) is 5.73 Å². The van der Waals surface area contributed by atoms with Crippen molar-refractivity contribution in [1.82, 2.24) is 4.98 Å². The second kappa shape index (κ2) is 3.33. The van der Waals surface area contributed by atoms with E-state index in [1.165, 1.54) is 21.4 Å². The highest BCUT2D eigenvalue weighted by Gasteiger charge is 2.10. The zero-order chi connectivity index (χ0) is 10.3. The number of aryl methyl sites for hydroxylation is 3. The molecule has 0 aromatic carbocycles. The van der Waals surface area contributed by atoms with Crippen LogP contribution in [-0.4, -0.2) is 4.98 Å². The average molecular weight is 206 g/mol. The molecule has 2 N–H and O–H groups in total. The maximum Gasteiger partial charge on any atom is 0.124 e. The molecule has 3 heteroatoms. The monoisotopic (exact) mass is 206 g/mol. The van der Waals surface area contributed by atoms with Crippen molar-refractivity contribution in [3.8, 4) is 0 Å². The third-order valence-corrected chi connectivity index (χ3v) is 3.72. The molecule has 14 heavy (non-hydrogen) atoms. The first-order valence-electron chi connectivity index (χ1n) is 4.69. The van der Waals surface area contributed by atoms with E-state index in [1.54, 1.807) is 11.3 Å². The Hall–Kier alpha value is -0.930. The van der Waals surface area contributed by atoms with E-state index in [1.807, 2.05) is 6.92 Å². The fraction of sp³-hybridized carbons (Fsp3) is 0.364. The van der Waals surface area contributed by atoms with Gasteiger partial charge in [-0.15, -0.1) is 11.3 Å². The zero-order valence-corrected chi connectivity index (χ0v) is 9.53. The van der Waals surface area contributed by atoms with Crippen LogP contribution >= 0.6 is 11.3 Å². The summed E-state index contributed by atoms with van der Waals surface area (Å²) in [7, 11) is 0. The topological polar surface area (TPSA) is 38.9 Å². The van der Waals surface area contributed by atoms with Gasteiger partial charge in [0.05, 0.1) is 0 Å². The van der Waals surface area contributed by atoms with E-state index in [-0.39, 0.29) is 0 Å². The highest BCUT2D eigenvalue weighted by Crippen LogP contribution is 2.31.